The summed E-state index contributed by atoms with van der Waals surface area (Å²) in [4.78, 5) is 0. The van der Waals surface area contributed by atoms with Gasteiger partial charge in [-0.1, -0.05) is 24.0 Å². The molecule has 1 atom stereocenters. The number of thiocarbonyl (C=S) groups is 1. The van der Waals surface area contributed by atoms with E-state index in [9.17, 15) is 0 Å². The Balaban J connectivity index is 2.28. The third-order valence-corrected chi connectivity index (χ3v) is 1.81. The number of thioether (sulfide) groups is 1. The van der Waals surface area contributed by atoms with Crippen LogP contribution in [0.5, 0.6) is 0 Å². The normalized spacial score (nSPS) is 31.5. The van der Waals surface area contributed by atoms with Crippen molar-refractivity contribution in [2.45, 2.75) is 12.3 Å². The van der Waals surface area contributed by atoms with Gasteiger partial charge in [0.15, 0.2) is 0 Å². The molecule has 0 amide bonds. The Morgan fingerprint density at radius 3 is 2.50 bits per heavy atom. The summed E-state index contributed by atoms with van der Waals surface area (Å²) in [5.74, 6) is 0. The van der Waals surface area contributed by atoms with E-state index in [1.165, 1.54) is 0 Å². The third-order valence-electron chi connectivity index (χ3n) is 0.605. The maximum atomic E-state index is 4.71. The lowest BCUT2D eigenvalue weighted by Gasteiger charge is -2.23. The Kier molecular flexibility index (Phi) is 1.02. The van der Waals surface area contributed by atoms with Gasteiger partial charge in [0.1, 0.15) is 4.32 Å². The second kappa shape index (κ2) is 1.39. The van der Waals surface area contributed by atoms with Crippen molar-refractivity contribution in [2.24, 2.45) is 0 Å². The van der Waals surface area contributed by atoms with Gasteiger partial charge in [-0.2, -0.15) is 0 Å². The van der Waals surface area contributed by atoms with Crippen molar-refractivity contribution in [3.63, 3.8) is 0 Å². The summed E-state index contributed by atoms with van der Waals surface area (Å²) in [6.07, 6.45) is 0. The SMILES string of the molecule is CC1NC(=S)S1. The van der Waals surface area contributed by atoms with E-state index in [4.69, 9.17) is 12.2 Å². The van der Waals surface area contributed by atoms with Crippen molar-refractivity contribution in [2.75, 3.05) is 0 Å². The lowest BCUT2D eigenvalue weighted by Crippen LogP contribution is -2.38. The number of hydrogen-bond acceptors (Lipinski definition) is 2. The van der Waals surface area contributed by atoms with Crippen LogP contribution in [0.15, 0.2) is 0 Å². The average Bonchev–Trinajstić information content (AvgIpc) is 1.33. The topological polar surface area (TPSA) is 12.0 Å². The number of rotatable bonds is 0. The van der Waals surface area contributed by atoms with Gasteiger partial charge in [0.2, 0.25) is 0 Å². The first-order valence-electron chi connectivity index (χ1n) is 1.76. The largest absolute Gasteiger partial charge is 0.359 e. The highest BCUT2D eigenvalue weighted by atomic mass is 32.2. The van der Waals surface area contributed by atoms with Gasteiger partial charge >= 0.3 is 0 Å². The van der Waals surface area contributed by atoms with Crippen LogP contribution in [0.1, 0.15) is 6.92 Å². The highest BCUT2D eigenvalue weighted by Gasteiger charge is 2.15. The molecule has 1 nitrogen and oxygen atoms in total. The molecule has 1 aliphatic rings. The van der Waals surface area contributed by atoms with Crippen LogP contribution in [-0.2, 0) is 0 Å². The van der Waals surface area contributed by atoms with Gasteiger partial charge in [-0.05, 0) is 6.92 Å². The van der Waals surface area contributed by atoms with Gasteiger partial charge in [-0.3, -0.25) is 0 Å². The van der Waals surface area contributed by atoms with Crippen LogP contribution in [0.4, 0.5) is 0 Å². The zero-order chi connectivity index (χ0) is 4.57. The predicted molar refractivity (Wildman–Crippen MR) is 32.8 cm³/mol. The average molecular weight is 119 g/mol. The van der Waals surface area contributed by atoms with Gasteiger partial charge in [0, 0.05) is 0 Å². The molecule has 1 saturated heterocycles. The van der Waals surface area contributed by atoms with Gasteiger partial charge in [0.25, 0.3) is 0 Å². The second-order valence-electron chi connectivity index (χ2n) is 1.19. The van der Waals surface area contributed by atoms with Crippen LogP contribution < -0.4 is 5.32 Å². The van der Waals surface area contributed by atoms with E-state index < -0.39 is 0 Å². The molecule has 0 aromatic heterocycles. The van der Waals surface area contributed by atoms with Crippen molar-refractivity contribution in [3.8, 4) is 0 Å². The Bertz CT molecular complexity index is 72.9. The predicted octanol–water partition coefficient (Wildman–Crippen LogP) is 0.954. The lowest BCUT2D eigenvalue weighted by molar-refractivity contribution is 0.897. The molecule has 6 heavy (non-hydrogen) atoms. The van der Waals surface area contributed by atoms with Crippen LogP contribution in [0.25, 0.3) is 0 Å². The molecule has 0 saturated carbocycles. The highest BCUT2D eigenvalue weighted by molar-refractivity contribution is 8.25. The Labute approximate surface area is 46.5 Å². The van der Waals surface area contributed by atoms with Crippen molar-refractivity contribution in [1.29, 1.82) is 0 Å². The summed E-state index contributed by atoms with van der Waals surface area (Å²) in [6, 6.07) is 0. The summed E-state index contributed by atoms with van der Waals surface area (Å²) in [6.45, 7) is 2.08. The van der Waals surface area contributed by atoms with Gasteiger partial charge < -0.3 is 5.32 Å². The Morgan fingerprint density at radius 2 is 2.50 bits per heavy atom. The first-order chi connectivity index (χ1) is 2.79. The van der Waals surface area contributed by atoms with E-state index in [0.29, 0.717) is 5.37 Å². The minimum Gasteiger partial charge on any atom is -0.359 e. The molecule has 1 aliphatic heterocycles. The molecule has 1 rings (SSSR count). The molecular weight excluding hydrogens is 114 g/mol. The summed E-state index contributed by atoms with van der Waals surface area (Å²) < 4.78 is 0.933. The van der Waals surface area contributed by atoms with E-state index in [1.54, 1.807) is 11.8 Å². The Morgan fingerprint density at radius 1 is 2.00 bits per heavy atom. The van der Waals surface area contributed by atoms with Crippen LogP contribution in [0, 0.1) is 0 Å². The first-order valence-corrected chi connectivity index (χ1v) is 3.05. The number of hydrogen-bond donors (Lipinski definition) is 1. The fourth-order valence-electron chi connectivity index (χ4n) is 0.332. The minimum atomic E-state index is 0.567. The van der Waals surface area contributed by atoms with E-state index in [0.717, 1.165) is 4.32 Å². The van der Waals surface area contributed by atoms with Crippen LogP contribution >= 0.6 is 24.0 Å². The summed E-state index contributed by atoms with van der Waals surface area (Å²) >= 11 is 6.42. The lowest BCUT2D eigenvalue weighted by atomic mass is 10.7. The molecule has 1 fully saturated rings. The molecule has 1 heterocycles. The Hall–Kier alpha value is 0.240. The van der Waals surface area contributed by atoms with Crippen molar-refractivity contribution >= 4 is 28.3 Å². The van der Waals surface area contributed by atoms with E-state index >= 15 is 0 Å². The molecule has 0 bridgehead atoms. The molecule has 0 radical (unpaired) electrons. The zero-order valence-corrected chi connectivity index (χ0v) is 5.03. The second-order valence-corrected chi connectivity index (χ2v) is 3.21. The third kappa shape index (κ3) is 0.656. The van der Waals surface area contributed by atoms with Gasteiger partial charge in [-0.15, -0.1) is 0 Å². The molecule has 0 aromatic carbocycles. The minimum absolute atomic E-state index is 0.567. The maximum Gasteiger partial charge on any atom is 0.136 e. The molecule has 0 aromatic rings. The zero-order valence-electron chi connectivity index (χ0n) is 3.39. The van der Waals surface area contributed by atoms with Crippen molar-refractivity contribution in [3.05, 3.63) is 0 Å². The van der Waals surface area contributed by atoms with Crippen LogP contribution in [-0.4, -0.2) is 9.69 Å². The van der Waals surface area contributed by atoms with Gasteiger partial charge in [-0.25, -0.2) is 0 Å². The van der Waals surface area contributed by atoms with Crippen LogP contribution in [0.2, 0.25) is 0 Å². The molecule has 34 valence electrons. The van der Waals surface area contributed by atoms with Crippen molar-refractivity contribution < 1.29 is 0 Å². The maximum absolute atomic E-state index is 4.71. The fourth-order valence-corrected chi connectivity index (χ4v) is 1.57. The highest BCUT2D eigenvalue weighted by Crippen LogP contribution is 2.18. The smallest absolute Gasteiger partial charge is 0.136 e. The quantitative estimate of drug-likeness (QED) is 0.477. The molecule has 0 spiro atoms. The molecule has 1 unspecified atom stereocenters. The van der Waals surface area contributed by atoms with Gasteiger partial charge in [0.05, 0.1) is 5.37 Å². The summed E-state index contributed by atoms with van der Waals surface area (Å²) in [5, 5.41) is 3.57. The van der Waals surface area contributed by atoms with Crippen molar-refractivity contribution in [1.82, 2.24) is 5.32 Å². The summed E-state index contributed by atoms with van der Waals surface area (Å²) in [5.41, 5.74) is 0. The molecule has 1 N–H and O–H groups in total. The van der Waals surface area contributed by atoms with Crippen LogP contribution in [0.3, 0.4) is 0 Å². The fraction of sp³-hybridized carbons (Fsp3) is 0.667. The van der Waals surface area contributed by atoms with E-state index in [-0.39, 0.29) is 0 Å². The standard InChI is InChI=1S/C3H5NS2/c1-2-4-3(5)6-2/h2H,1H3,(H,4,5). The molecule has 0 aliphatic carbocycles. The molecular formula is C3H5NS2. The summed E-state index contributed by atoms with van der Waals surface area (Å²) in [7, 11) is 0. The van der Waals surface area contributed by atoms with E-state index in [2.05, 4.69) is 12.2 Å². The monoisotopic (exact) mass is 119 g/mol. The van der Waals surface area contributed by atoms with E-state index in [1.807, 2.05) is 0 Å². The molecule has 3 heteroatoms. The first kappa shape index (κ1) is 4.40. The number of nitrogens with one attached hydrogen (secondary N) is 1.